The van der Waals surface area contributed by atoms with Gasteiger partial charge in [0.25, 0.3) is 0 Å². The zero-order valence-corrected chi connectivity index (χ0v) is 9.34. The zero-order valence-electron chi connectivity index (χ0n) is 8.53. The molecule has 0 amide bonds. The third-order valence-electron chi connectivity index (χ3n) is 2.46. The molecule has 0 saturated carbocycles. The predicted molar refractivity (Wildman–Crippen MR) is 60.3 cm³/mol. The molecule has 0 aromatic carbocycles. The van der Waals surface area contributed by atoms with Gasteiger partial charge in [0.1, 0.15) is 23.3 Å². The maximum absolute atomic E-state index is 8.84. The average molecular weight is 220 g/mol. The number of nitrogen functional groups attached to an aromatic ring is 1. The van der Waals surface area contributed by atoms with Gasteiger partial charge in [-0.15, -0.1) is 0 Å². The highest BCUT2D eigenvalue weighted by Crippen LogP contribution is 2.38. The zero-order chi connectivity index (χ0) is 10.8. The summed E-state index contributed by atoms with van der Waals surface area (Å²) in [5, 5.41) is 9.20. The van der Waals surface area contributed by atoms with Gasteiger partial charge < -0.3 is 5.73 Å². The van der Waals surface area contributed by atoms with E-state index in [1.807, 2.05) is 17.8 Å². The molecule has 2 N–H and O–H groups in total. The lowest BCUT2D eigenvalue weighted by Gasteiger charge is -2.09. The Morgan fingerprint density at radius 1 is 1.53 bits per heavy atom. The van der Waals surface area contributed by atoms with Crippen LogP contribution in [0.15, 0.2) is 0 Å². The number of nitrogens with zero attached hydrogens (tertiary/aromatic N) is 3. The van der Waals surface area contributed by atoms with Crippen molar-refractivity contribution < 1.29 is 0 Å². The van der Waals surface area contributed by atoms with E-state index in [0.717, 1.165) is 18.0 Å². The summed E-state index contributed by atoms with van der Waals surface area (Å²) < 4.78 is 0. The number of nitriles is 1. The molecule has 1 aromatic heterocycles. The van der Waals surface area contributed by atoms with Gasteiger partial charge in [-0.25, -0.2) is 9.97 Å². The fourth-order valence-corrected chi connectivity index (χ4v) is 2.89. The molecule has 0 radical (unpaired) electrons. The summed E-state index contributed by atoms with van der Waals surface area (Å²) in [4.78, 5) is 8.56. The fourth-order valence-electron chi connectivity index (χ4n) is 1.68. The monoisotopic (exact) mass is 220 g/mol. The van der Waals surface area contributed by atoms with Crippen molar-refractivity contribution >= 4 is 17.6 Å². The molecule has 0 spiro atoms. The summed E-state index contributed by atoms with van der Waals surface area (Å²) in [6.45, 7) is 1.81. The van der Waals surface area contributed by atoms with Crippen LogP contribution in [0.4, 0.5) is 5.82 Å². The van der Waals surface area contributed by atoms with Crippen LogP contribution < -0.4 is 5.73 Å². The van der Waals surface area contributed by atoms with Crippen LogP contribution in [0, 0.1) is 18.3 Å². The molecule has 1 aliphatic rings. The van der Waals surface area contributed by atoms with Crippen LogP contribution >= 0.6 is 11.8 Å². The van der Waals surface area contributed by atoms with E-state index in [0.29, 0.717) is 22.3 Å². The number of anilines is 1. The highest BCUT2D eigenvalue weighted by molar-refractivity contribution is 7.99. The first-order valence-electron chi connectivity index (χ1n) is 4.88. The largest absolute Gasteiger partial charge is 0.382 e. The van der Waals surface area contributed by atoms with Gasteiger partial charge in [-0.3, -0.25) is 0 Å². The van der Waals surface area contributed by atoms with Gasteiger partial charge in [0, 0.05) is 0 Å². The van der Waals surface area contributed by atoms with Crippen molar-refractivity contribution in [1.29, 1.82) is 5.26 Å². The van der Waals surface area contributed by atoms with Gasteiger partial charge in [-0.05, 0) is 25.5 Å². The molecule has 2 rings (SSSR count). The van der Waals surface area contributed by atoms with Gasteiger partial charge in [-0.1, -0.05) is 0 Å². The van der Waals surface area contributed by atoms with Crippen molar-refractivity contribution in [3.05, 3.63) is 17.1 Å². The highest BCUT2D eigenvalue weighted by atomic mass is 32.2. The van der Waals surface area contributed by atoms with Gasteiger partial charge in [0.05, 0.1) is 10.9 Å². The van der Waals surface area contributed by atoms with Crippen LogP contribution in [0.1, 0.15) is 35.2 Å². The molecule has 4 nitrogen and oxygen atoms in total. The molecular weight excluding hydrogens is 208 g/mol. The Labute approximate surface area is 92.9 Å². The first-order valence-corrected chi connectivity index (χ1v) is 5.93. The van der Waals surface area contributed by atoms with E-state index >= 15 is 0 Å². The maximum Gasteiger partial charge on any atom is 0.145 e. The Bertz CT molecular complexity index is 395. The van der Waals surface area contributed by atoms with Gasteiger partial charge in [-0.2, -0.15) is 17.0 Å². The molecule has 1 aliphatic heterocycles. The number of hydrogen-bond acceptors (Lipinski definition) is 5. The Balaban J connectivity index is 2.39. The van der Waals surface area contributed by atoms with Crippen LogP contribution in [0.3, 0.4) is 0 Å². The minimum atomic E-state index is 0.313. The standard InChI is InChI=1S/C10H12N4S/c1-6-7(5-11)9(12)14-10(13-6)8-3-2-4-15-8/h8H,2-4H2,1H3,(H2,12,13,14). The van der Waals surface area contributed by atoms with Gasteiger partial charge in [0.2, 0.25) is 0 Å². The third-order valence-corrected chi connectivity index (χ3v) is 3.84. The minimum Gasteiger partial charge on any atom is -0.382 e. The lowest BCUT2D eigenvalue weighted by molar-refractivity contribution is 0.772. The van der Waals surface area contributed by atoms with E-state index in [-0.39, 0.29) is 0 Å². The molecular formula is C10H12N4S. The second-order valence-corrected chi connectivity index (χ2v) is 4.85. The number of rotatable bonds is 1. The number of aryl methyl sites for hydroxylation is 1. The first kappa shape index (κ1) is 10.2. The molecule has 5 heteroatoms. The van der Waals surface area contributed by atoms with E-state index in [9.17, 15) is 0 Å². The van der Waals surface area contributed by atoms with Crippen molar-refractivity contribution in [2.45, 2.75) is 25.0 Å². The molecule has 15 heavy (non-hydrogen) atoms. The van der Waals surface area contributed by atoms with Crippen molar-refractivity contribution in [2.24, 2.45) is 0 Å². The van der Waals surface area contributed by atoms with Crippen molar-refractivity contribution in [3.63, 3.8) is 0 Å². The van der Waals surface area contributed by atoms with Gasteiger partial charge in [0.15, 0.2) is 0 Å². The number of thioether (sulfide) groups is 1. The molecule has 1 fully saturated rings. The Morgan fingerprint density at radius 3 is 2.87 bits per heavy atom. The minimum absolute atomic E-state index is 0.313. The van der Waals surface area contributed by atoms with Crippen molar-refractivity contribution in [3.8, 4) is 6.07 Å². The number of hydrogen-bond donors (Lipinski definition) is 1. The van der Waals surface area contributed by atoms with Crippen LogP contribution in [0.2, 0.25) is 0 Å². The quantitative estimate of drug-likeness (QED) is 0.781. The molecule has 2 heterocycles. The topological polar surface area (TPSA) is 75.6 Å². The smallest absolute Gasteiger partial charge is 0.145 e. The second kappa shape index (κ2) is 4.07. The summed E-state index contributed by atoms with van der Waals surface area (Å²) in [7, 11) is 0. The summed E-state index contributed by atoms with van der Waals surface area (Å²) in [5.74, 6) is 2.26. The van der Waals surface area contributed by atoms with Crippen LogP contribution in [-0.4, -0.2) is 15.7 Å². The predicted octanol–water partition coefficient (Wildman–Crippen LogP) is 1.81. The lowest BCUT2D eigenvalue weighted by Crippen LogP contribution is -2.06. The third kappa shape index (κ3) is 1.90. The molecule has 1 saturated heterocycles. The van der Waals surface area contributed by atoms with E-state index in [2.05, 4.69) is 9.97 Å². The van der Waals surface area contributed by atoms with Crippen LogP contribution in [0.25, 0.3) is 0 Å². The fraction of sp³-hybridized carbons (Fsp3) is 0.500. The second-order valence-electron chi connectivity index (χ2n) is 3.54. The Kier molecular flexibility index (Phi) is 2.78. The van der Waals surface area contributed by atoms with E-state index in [1.165, 1.54) is 6.42 Å². The molecule has 0 bridgehead atoms. The SMILES string of the molecule is Cc1nc(C2CCCS2)nc(N)c1C#N. The molecule has 1 unspecified atom stereocenters. The molecule has 0 aliphatic carbocycles. The van der Waals surface area contributed by atoms with E-state index in [4.69, 9.17) is 11.0 Å². The van der Waals surface area contributed by atoms with Gasteiger partial charge >= 0.3 is 0 Å². The van der Waals surface area contributed by atoms with Crippen LogP contribution in [0.5, 0.6) is 0 Å². The first-order chi connectivity index (χ1) is 7.22. The Morgan fingerprint density at radius 2 is 2.33 bits per heavy atom. The number of aromatic nitrogens is 2. The normalized spacial score (nSPS) is 20.1. The van der Waals surface area contributed by atoms with Crippen molar-refractivity contribution in [1.82, 2.24) is 9.97 Å². The molecule has 1 aromatic rings. The van der Waals surface area contributed by atoms with Crippen LogP contribution in [-0.2, 0) is 0 Å². The lowest BCUT2D eigenvalue weighted by atomic mass is 10.2. The maximum atomic E-state index is 8.84. The summed E-state index contributed by atoms with van der Waals surface area (Å²) in [6, 6.07) is 2.02. The Hall–Kier alpha value is -1.28. The molecule has 78 valence electrons. The average Bonchev–Trinajstić information content (AvgIpc) is 2.69. The molecule has 1 atom stereocenters. The summed E-state index contributed by atoms with van der Waals surface area (Å²) in [6.07, 6.45) is 2.31. The summed E-state index contributed by atoms with van der Waals surface area (Å²) in [5.41, 5.74) is 6.81. The highest BCUT2D eigenvalue weighted by Gasteiger charge is 2.22. The summed E-state index contributed by atoms with van der Waals surface area (Å²) >= 11 is 1.86. The van der Waals surface area contributed by atoms with E-state index < -0.39 is 0 Å². The number of nitrogens with two attached hydrogens (primary N) is 1. The van der Waals surface area contributed by atoms with Crippen molar-refractivity contribution in [2.75, 3.05) is 11.5 Å². The van der Waals surface area contributed by atoms with E-state index in [1.54, 1.807) is 6.92 Å².